The number of hydrogen-bond acceptors (Lipinski definition) is 5. The third-order valence-corrected chi connectivity index (χ3v) is 3.24. The van der Waals surface area contributed by atoms with Crippen molar-refractivity contribution < 1.29 is 38.6 Å². The summed E-state index contributed by atoms with van der Waals surface area (Å²) >= 11 is 6.24. The van der Waals surface area contributed by atoms with Gasteiger partial charge in [-0.2, -0.15) is 0 Å². The van der Waals surface area contributed by atoms with Crippen molar-refractivity contribution in [3.05, 3.63) is 65.7 Å². The molecule has 0 fully saturated rings. The zero-order valence-electron chi connectivity index (χ0n) is 13.6. The molecule has 0 aromatic heterocycles. The van der Waals surface area contributed by atoms with Gasteiger partial charge in [0.25, 0.3) is 0 Å². The van der Waals surface area contributed by atoms with Gasteiger partial charge in [0.1, 0.15) is 5.75 Å². The second-order valence-electron chi connectivity index (χ2n) is 4.80. The molecule has 2 aromatic carbocycles. The topological polar surface area (TPSA) is 115 Å². The molecule has 0 aliphatic heterocycles. The lowest BCUT2D eigenvalue weighted by Gasteiger charge is -2.17. The number of nitrogens with one attached hydrogen (secondary N) is 1. The Balaban J connectivity index is 0.000000550. The van der Waals surface area contributed by atoms with E-state index in [2.05, 4.69) is 11.9 Å². The fraction of sp³-hybridized carbons (Fsp3) is 0.118. The van der Waals surface area contributed by atoms with E-state index in [1.807, 2.05) is 60.8 Å². The van der Waals surface area contributed by atoms with Gasteiger partial charge in [0.05, 0.1) is 12.1 Å². The molecule has 1 N–H and O–H groups in total. The number of hydrogen-bond donors (Lipinski definition) is 1. The first-order chi connectivity index (χ1) is 11.7. The Kier molecular flexibility index (Phi) is 8.57. The Morgan fingerprint density at radius 2 is 1.52 bits per heavy atom. The van der Waals surface area contributed by atoms with E-state index in [4.69, 9.17) is 35.0 Å². The molecule has 25 heavy (non-hydrogen) atoms. The Bertz CT molecular complexity index is 701. The van der Waals surface area contributed by atoms with Crippen molar-refractivity contribution in [3.63, 3.8) is 0 Å². The molecule has 6 nitrogen and oxygen atoms in total. The van der Waals surface area contributed by atoms with Crippen LogP contribution in [0, 0.1) is 17.2 Å². The molecule has 0 aliphatic carbocycles. The first-order valence-electron chi connectivity index (χ1n) is 6.97. The third kappa shape index (κ3) is 9.83. The minimum Gasteiger partial charge on any atom is -0.497 e. The quantitative estimate of drug-likeness (QED) is 0.630. The van der Waals surface area contributed by atoms with Gasteiger partial charge in [-0.1, -0.05) is 41.4 Å². The van der Waals surface area contributed by atoms with Crippen LogP contribution in [0.4, 0.5) is 5.69 Å². The molecule has 0 aliphatic rings. The van der Waals surface area contributed by atoms with Crippen LogP contribution in [-0.4, -0.2) is 13.3 Å². The van der Waals surface area contributed by atoms with Crippen LogP contribution in [0.3, 0.4) is 0 Å². The van der Waals surface area contributed by atoms with Gasteiger partial charge in [-0.3, -0.25) is 0 Å². The second kappa shape index (κ2) is 10.1. The lowest BCUT2D eigenvalue weighted by Crippen LogP contribution is -2.68. The SMILES string of the molecule is COc1ccc([NH+]=CC=C(Cl)c2ccc(C)cc2)cc1.[O-][Cl+3]([O-])([O-])[O-]. The van der Waals surface area contributed by atoms with Crippen LogP contribution in [-0.2, 0) is 0 Å². The van der Waals surface area contributed by atoms with Crippen molar-refractivity contribution in [1.29, 1.82) is 0 Å². The number of methoxy groups -OCH3 is 1. The van der Waals surface area contributed by atoms with Crippen molar-refractivity contribution >= 4 is 28.5 Å². The van der Waals surface area contributed by atoms with E-state index in [1.165, 1.54) is 5.56 Å². The minimum atomic E-state index is -4.94. The van der Waals surface area contributed by atoms with E-state index in [9.17, 15) is 0 Å². The monoisotopic (exact) mass is 385 g/mol. The van der Waals surface area contributed by atoms with Gasteiger partial charge in [-0.05, 0) is 24.6 Å². The molecule has 0 saturated carbocycles. The van der Waals surface area contributed by atoms with Crippen LogP contribution in [0.25, 0.3) is 5.03 Å². The predicted molar refractivity (Wildman–Crippen MR) is 84.7 cm³/mol. The fourth-order valence-corrected chi connectivity index (χ4v) is 1.90. The van der Waals surface area contributed by atoms with Gasteiger partial charge in [0.15, 0.2) is 6.21 Å². The minimum absolute atomic E-state index is 0.700. The Hall–Kier alpha value is -1.93. The highest BCUT2D eigenvalue weighted by Gasteiger charge is 1.98. The summed E-state index contributed by atoms with van der Waals surface area (Å²) < 4.78 is 39.1. The van der Waals surface area contributed by atoms with Crippen molar-refractivity contribution in [1.82, 2.24) is 0 Å². The molecule has 0 radical (unpaired) electrons. The summed E-state index contributed by atoms with van der Waals surface area (Å²) in [7, 11) is -3.29. The smallest absolute Gasteiger partial charge is 0.203 e. The van der Waals surface area contributed by atoms with Crippen molar-refractivity contribution in [2.45, 2.75) is 6.92 Å². The van der Waals surface area contributed by atoms with Crippen LogP contribution < -0.4 is 28.4 Å². The normalized spacial score (nSPS) is 11.9. The molecule has 0 heterocycles. The van der Waals surface area contributed by atoms with Gasteiger partial charge in [-0.25, -0.2) is 23.6 Å². The average molecular weight is 386 g/mol. The lowest BCUT2D eigenvalue weighted by molar-refractivity contribution is -2.00. The summed E-state index contributed by atoms with van der Waals surface area (Å²) in [4.78, 5) is 3.17. The molecule has 0 saturated heterocycles. The Labute approximate surface area is 153 Å². The maximum absolute atomic E-state index is 8.49. The summed E-state index contributed by atoms with van der Waals surface area (Å²) in [5.41, 5.74) is 3.21. The summed E-state index contributed by atoms with van der Waals surface area (Å²) in [5.74, 6) is 0.837. The van der Waals surface area contributed by atoms with E-state index in [1.54, 1.807) is 7.11 Å². The molecule has 2 rings (SSSR count). The van der Waals surface area contributed by atoms with Crippen molar-refractivity contribution in [2.75, 3.05) is 7.11 Å². The van der Waals surface area contributed by atoms with E-state index in [0.717, 1.165) is 17.0 Å². The first-order valence-corrected chi connectivity index (χ1v) is 8.58. The molecule has 2 aromatic rings. The molecule has 134 valence electrons. The first kappa shape index (κ1) is 21.1. The molecular formula is C17H17Cl2NO5. The van der Waals surface area contributed by atoms with Crippen molar-refractivity contribution in [2.24, 2.45) is 0 Å². The van der Waals surface area contributed by atoms with Gasteiger partial charge in [0, 0.05) is 18.2 Å². The number of rotatable bonds is 4. The van der Waals surface area contributed by atoms with Crippen LogP contribution in [0.1, 0.15) is 11.1 Å². The number of halogens is 2. The maximum atomic E-state index is 8.49. The van der Waals surface area contributed by atoms with Gasteiger partial charge in [-0.15, -0.1) is 10.2 Å². The Morgan fingerprint density at radius 3 is 2.00 bits per heavy atom. The van der Waals surface area contributed by atoms with Crippen LogP contribution in [0.15, 0.2) is 54.6 Å². The zero-order chi connectivity index (χ0) is 18.9. The summed E-state index contributed by atoms with van der Waals surface area (Å²) in [6, 6.07) is 15.8. The summed E-state index contributed by atoms with van der Waals surface area (Å²) in [6.45, 7) is 2.05. The fourth-order valence-electron chi connectivity index (χ4n) is 1.71. The summed E-state index contributed by atoms with van der Waals surface area (Å²) in [6.07, 6.45) is 3.67. The van der Waals surface area contributed by atoms with E-state index >= 15 is 0 Å². The predicted octanol–water partition coefficient (Wildman–Crippen LogP) is -1.69. The molecule has 0 unspecified atom stereocenters. The van der Waals surface area contributed by atoms with Crippen LogP contribution >= 0.6 is 11.6 Å². The van der Waals surface area contributed by atoms with E-state index in [-0.39, 0.29) is 0 Å². The standard InChI is InChI=1S/C17H16ClNO.ClHO4/c1-13-3-5-14(6-4-13)17(18)11-12-19-15-7-9-16(20-2)10-8-15;2-1(3,4)5/h3-12H,1-2H3;(H,2,3,4,5). The van der Waals surface area contributed by atoms with Gasteiger partial charge >= 0.3 is 0 Å². The summed E-state index contributed by atoms with van der Waals surface area (Å²) in [5, 5.41) is 0.700. The molecule has 0 spiro atoms. The largest absolute Gasteiger partial charge is 0.497 e. The average Bonchev–Trinajstić information content (AvgIpc) is 2.54. The Morgan fingerprint density at radius 1 is 1.00 bits per heavy atom. The number of ether oxygens (including phenoxy) is 1. The van der Waals surface area contributed by atoms with Crippen LogP contribution in [0.2, 0.25) is 0 Å². The third-order valence-electron chi connectivity index (χ3n) is 2.90. The number of benzene rings is 2. The molecular weight excluding hydrogens is 369 g/mol. The van der Waals surface area contributed by atoms with E-state index in [0.29, 0.717) is 5.03 Å². The molecule has 8 heteroatoms. The highest BCUT2D eigenvalue weighted by Crippen LogP contribution is 2.18. The zero-order valence-corrected chi connectivity index (χ0v) is 15.1. The van der Waals surface area contributed by atoms with Crippen LogP contribution in [0.5, 0.6) is 5.75 Å². The van der Waals surface area contributed by atoms with E-state index < -0.39 is 10.2 Å². The number of allylic oxidation sites excluding steroid dienone is 1. The highest BCUT2D eigenvalue weighted by molar-refractivity contribution is 6.49. The molecule has 0 bridgehead atoms. The highest BCUT2D eigenvalue weighted by atomic mass is 35.7. The second-order valence-corrected chi connectivity index (χ2v) is 5.96. The maximum Gasteiger partial charge on any atom is 0.203 e. The van der Waals surface area contributed by atoms with Gasteiger partial charge in [0.2, 0.25) is 5.69 Å². The number of aryl methyl sites for hydroxylation is 1. The molecule has 0 atom stereocenters. The van der Waals surface area contributed by atoms with Gasteiger partial charge < -0.3 is 4.74 Å². The lowest BCUT2D eigenvalue weighted by atomic mass is 10.1. The van der Waals surface area contributed by atoms with Crippen molar-refractivity contribution in [3.8, 4) is 5.75 Å². The molecule has 0 amide bonds.